The van der Waals surface area contributed by atoms with Crippen LogP contribution in [0, 0.1) is 5.92 Å². The summed E-state index contributed by atoms with van der Waals surface area (Å²) in [5.41, 5.74) is 0.413. The molecule has 1 saturated heterocycles. The number of halogens is 1. The minimum Gasteiger partial charge on any atom is -0.464 e. The number of carbonyl (C=O) groups is 3. The number of ether oxygens (including phenoxy) is 2. The third kappa shape index (κ3) is 8.13. The number of hydrogen-bond donors (Lipinski definition) is 2. The van der Waals surface area contributed by atoms with Crippen LogP contribution in [-0.4, -0.2) is 59.3 Å². The molecule has 1 atom stereocenters. The Morgan fingerprint density at radius 2 is 1.78 bits per heavy atom. The predicted octanol–water partition coefficient (Wildman–Crippen LogP) is 3.98. The molecule has 0 bridgehead atoms. The van der Waals surface area contributed by atoms with Gasteiger partial charge < -0.3 is 20.1 Å². The number of benzene rings is 1. The Bertz CT molecular complexity index is 1080. The second-order valence-corrected chi connectivity index (χ2v) is 10.1. The maximum atomic E-state index is 13.4. The van der Waals surface area contributed by atoms with Crippen molar-refractivity contribution in [1.29, 1.82) is 0 Å². The fourth-order valence-electron chi connectivity index (χ4n) is 3.92. The third-order valence-electron chi connectivity index (χ3n) is 5.65. The molecule has 0 spiro atoms. The first kappa shape index (κ1) is 28.3. The second-order valence-electron chi connectivity index (χ2n) is 9.69. The molecule has 2 amide bonds. The zero-order valence-corrected chi connectivity index (χ0v) is 22.4. The summed E-state index contributed by atoms with van der Waals surface area (Å²) < 4.78 is 10.8. The van der Waals surface area contributed by atoms with Gasteiger partial charge in [-0.1, -0.05) is 23.7 Å². The summed E-state index contributed by atoms with van der Waals surface area (Å²) in [5.74, 6) is -0.762. The zero-order chi connectivity index (χ0) is 27.0. The Balaban J connectivity index is 1.83. The number of nitrogens with one attached hydrogen (secondary N) is 2. The van der Waals surface area contributed by atoms with Gasteiger partial charge in [0.25, 0.3) is 0 Å². The van der Waals surface area contributed by atoms with Crippen LogP contribution < -0.4 is 15.5 Å². The van der Waals surface area contributed by atoms with E-state index >= 15 is 0 Å². The Labute approximate surface area is 222 Å². The molecule has 0 radical (unpaired) electrons. The molecule has 2 aromatic rings. The Kier molecular flexibility index (Phi) is 9.82. The van der Waals surface area contributed by atoms with Crippen LogP contribution in [0.3, 0.4) is 0 Å². The summed E-state index contributed by atoms with van der Waals surface area (Å²) in [7, 11) is 0. The Morgan fingerprint density at radius 1 is 1.14 bits per heavy atom. The van der Waals surface area contributed by atoms with Gasteiger partial charge in [0, 0.05) is 24.7 Å². The van der Waals surface area contributed by atoms with E-state index in [1.54, 1.807) is 52.0 Å². The van der Waals surface area contributed by atoms with Gasteiger partial charge in [0.1, 0.15) is 11.6 Å². The van der Waals surface area contributed by atoms with E-state index in [0.717, 1.165) is 23.6 Å². The summed E-state index contributed by atoms with van der Waals surface area (Å²) in [5, 5.41) is 6.37. The van der Waals surface area contributed by atoms with Gasteiger partial charge in [0.05, 0.1) is 12.3 Å². The van der Waals surface area contributed by atoms with Crippen LogP contribution in [0.25, 0.3) is 0 Å². The van der Waals surface area contributed by atoms with Gasteiger partial charge in [-0.3, -0.25) is 4.79 Å². The lowest BCUT2D eigenvalue weighted by Gasteiger charge is -2.30. The van der Waals surface area contributed by atoms with Crippen molar-refractivity contribution in [3.05, 3.63) is 47.4 Å². The van der Waals surface area contributed by atoms with Crippen LogP contribution in [0.4, 0.5) is 16.3 Å². The van der Waals surface area contributed by atoms with Gasteiger partial charge in [0.15, 0.2) is 11.0 Å². The molecule has 11 heteroatoms. The summed E-state index contributed by atoms with van der Waals surface area (Å²) in [6.45, 7) is 8.65. The summed E-state index contributed by atoms with van der Waals surface area (Å²) in [4.78, 5) is 48.3. The van der Waals surface area contributed by atoms with Crippen molar-refractivity contribution in [3.63, 3.8) is 0 Å². The van der Waals surface area contributed by atoms with Gasteiger partial charge >= 0.3 is 12.1 Å². The van der Waals surface area contributed by atoms with E-state index in [4.69, 9.17) is 21.1 Å². The van der Waals surface area contributed by atoms with Gasteiger partial charge in [-0.25, -0.2) is 24.5 Å². The Hall–Kier alpha value is -3.24. The fraction of sp³-hybridized carbons (Fsp3) is 0.500. The number of amides is 2. The number of aromatic nitrogens is 2. The molecule has 1 aromatic heterocycles. The average Bonchev–Trinajstić information content (AvgIpc) is 2.85. The topological polar surface area (TPSA) is 123 Å². The molecule has 10 nitrogen and oxygen atoms in total. The van der Waals surface area contributed by atoms with Crippen LogP contribution in [-0.2, 0) is 25.5 Å². The first-order valence-corrected chi connectivity index (χ1v) is 12.7. The van der Waals surface area contributed by atoms with Crippen LogP contribution in [0.1, 0.15) is 46.1 Å². The van der Waals surface area contributed by atoms with Crippen LogP contribution in [0.2, 0.25) is 5.15 Å². The highest BCUT2D eigenvalue weighted by Gasteiger charge is 2.34. The van der Waals surface area contributed by atoms with Crippen LogP contribution in [0.15, 0.2) is 36.7 Å². The van der Waals surface area contributed by atoms with E-state index in [0.29, 0.717) is 18.5 Å². The summed E-state index contributed by atoms with van der Waals surface area (Å²) in [6.07, 6.45) is 3.75. The number of hydrogen-bond acceptors (Lipinski definition) is 9. The maximum Gasteiger partial charge on any atom is 0.421 e. The monoisotopic (exact) mass is 531 g/mol. The van der Waals surface area contributed by atoms with Crippen molar-refractivity contribution in [2.75, 3.05) is 29.9 Å². The lowest BCUT2D eigenvalue weighted by atomic mass is 9.96. The average molecular weight is 532 g/mol. The van der Waals surface area contributed by atoms with Crippen molar-refractivity contribution in [3.8, 4) is 0 Å². The number of imide groups is 1. The molecule has 0 aliphatic carbocycles. The standard InChI is InChI=1S/C26H34ClN5O5/c1-5-36-24(34)20(31-22-21(27)29-14-15-30-22)16-17-6-8-19(9-7-17)32(25(35)37-26(2,3)4)23(33)18-10-12-28-13-11-18/h6-9,14-15,18,20,28H,5,10-13,16H2,1-4H3,(H,30,31)/t20-/m0/s1. The number of anilines is 2. The van der Waals surface area contributed by atoms with Crippen molar-refractivity contribution in [2.45, 2.75) is 58.6 Å². The van der Waals surface area contributed by atoms with E-state index in [1.807, 2.05) is 0 Å². The van der Waals surface area contributed by atoms with E-state index in [2.05, 4.69) is 20.6 Å². The molecular weight excluding hydrogens is 498 g/mol. The molecule has 1 aromatic carbocycles. The summed E-state index contributed by atoms with van der Waals surface area (Å²) in [6, 6.07) is 6.09. The number of rotatable bonds is 8. The molecule has 200 valence electrons. The molecular formula is C26H34ClN5O5. The highest BCUT2D eigenvalue weighted by molar-refractivity contribution is 6.31. The molecule has 1 aliphatic heterocycles. The normalized spacial score (nSPS) is 14.9. The van der Waals surface area contributed by atoms with Gasteiger partial charge in [-0.2, -0.15) is 0 Å². The van der Waals surface area contributed by atoms with E-state index < -0.39 is 23.7 Å². The van der Waals surface area contributed by atoms with E-state index in [-0.39, 0.29) is 35.8 Å². The Morgan fingerprint density at radius 3 is 2.38 bits per heavy atom. The third-order valence-corrected chi connectivity index (χ3v) is 5.93. The molecule has 3 rings (SSSR count). The molecule has 2 heterocycles. The molecule has 2 N–H and O–H groups in total. The highest BCUT2D eigenvalue weighted by atomic mass is 35.5. The lowest BCUT2D eigenvalue weighted by Crippen LogP contribution is -2.46. The van der Waals surface area contributed by atoms with Crippen molar-refractivity contribution >= 4 is 41.1 Å². The fourth-order valence-corrected chi connectivity index (χ4v) is 4.08. The molecule has 1 aliphatic rings. The largest absolute Gasteiger partial charge is 0.464 e. The first-order valence-electron chi connectivity index (χ1n) is 12.4. The number of carbonyl (C=O) groups excluding carboxylic acids is 3. The number of nitrogens with zero attached hydrogens (tertiary/aromatic N) is 3. The lowest BCUT2D eigenvalue weighted by molar-refractivity contribution is -0.144. The zero-order valence-electron chi connectivity index (χ0n) is 21.6. The van der Waals surface area contributed by atoms with E-state index in [9.17, 15) is 14.4 Å². The van der Waals surface area contributed by atoms with Gasteiger partial charge in [-0.15, -0.1) is 0 Å². The molecule has 37 heavy (non-hydrogen) atoms. The van der Waals surface area contributed by atoms with Gasteiger partial charge in [0.2, 0.25) is 5.91 Å². The van der Waals surface area contributed by atoms with Crippen molar-refractivity contribution < 1.29 is 23.9 Å². The SMILES string of the molecule is CCOC(=O)[C@H](Cc1ccc(N(C(=O)OC(C)(C)C)C(=O)C2CCNCC2)cc1)Nc1nccnc1Cl. The minimum atomic E-state index is -0.779. The van der Waals surface area contributed by atoms with Gasteiger partial charge in [-0.05, 0) is 71.3 Å². The highest BCUT2D eigenvalue weighted by Crippen LogP contribution is 2.25. The smallest absolute Gasteiger partial charge is 0.421 e. The minimum absolute atomic E-state index is 0.136. The van der Waals surface area contributed by atoms with Crippen molar-refractivity contribution in [1.82, 2.24) is 15.3 Å². The molecule has 1 fully saturated rings. The van der Waals surface area contributed by atoms with Crippen LogP contribution in [0.5, 0.6) is 0 Å². The van der Waals surface area contributed by atoms with Crippen LogP contribution >= 0.6 is 11.6 Å². The summed E-state index contributed by atoms with van der Waals surface area (Å²) >= 11 is 6.10. The molecule has 0 unspecified atom stereocenters. The first-order chi connectivity index (χ1) is 17.6. The molecule has 0 saturated carbocycles. The number of piperidine rings is 1. The second kappa shape index (κ2) is 12.8. The number of esters is 1. The maximum absolute atomic E-state index is 13.4. The quantitative estimate of drug-likeness (QED) is 0.487. The predicted molar refractivity (Wildman–Crippen MR) is 141 cm³/mol. The van der Waals surface area contributed by atoms with Crippen molar-refractivity contribution in [2.24, 2.45) is 5.92 Å². The van der Waals surface area contributed by atoms with E-state index in [1.165, 1.54) is 12.4 Å².